The molecule has 0 saturated heterocycles. The van der Waals surface area contributed by atoms with Crippen LogP contribution in [0.2, 0.25) is 0 Å². The van der Waals surface area contributed by atoms with Crippen molar-refractivity contribution >= 4 is 16.7 Å². The van der Waals surface area contributed by atoms with Crippen LogP contribution in [0.15, 0.2) is 97.1 Å². The van der Waals surface area contributed by atoms with Crippen LogP contribution in [-0.4, -0.2) is 17.6 Å². The summed E-state index contributed by atoms with van der Waals surface area (Å²) in [5.41, 5.74) is 1.33. The number of aliphatic hydroxyl groups is 1. The Morgan fingerprint density at radius 3 is 2.40 bits per heavy atom. The number of carbonyl (C=O) groups excluding carboxylic acids is 1. The van der Waals surface area contributed by atoms with Crippen molar-refractivity contribution in [2.75, 3.05) is 6.54 Å². The molecule has 0 heterocycles. The maximum atomic E-state index is 12.7. The first-order valence-electron chi connectivity index (χ1n) is 9.98. The van der Waals surface area contributed by atoms with Gasteiger partial charge in [-0.2, -0.15) is 0 Å². The zero-order valence-corrected chi connectivity index (χ0v) is 16.5. The molecule has 4 aromatic rings. The van der Waals surface area contributed by atoms with Crippen LogP contribution < -0.4 is 10.1 Å². The zero-order valence-electron chi connectivity index (χ0n) is 16.5. The van der Waals surface area contributed by atoms with Crippen molar-refractivity contribution in [2.24, 2.45) is 0 Å². The molecule has 0 bridgehead atoms. The first kappa shape index (κ1) is 19.7. The lowest BCUT2D eigenvalue weighted by atomic mass is 9.99. The molecular weight excluding hydrogens is 374 g/mol. The lowest BCUT2D eigenvalue weighted by Gasteiger charge is -2.15. The zero-order chi connectivity index (χ0) is 20.8. The largest absolute Gasteiger partial charge is 0.457 e. The van der Waals surface area contributed by atoms with Crippen molar-refractivity contribution in [3.63, 3.8) is 0 Å². The normalized spacial score (nSPS) is 11.8. The quantitative estimate of drug-likeness (QED) is 0.434. The Hall–Kier alpha value is -3.63. The van der Waals surface area contributed by atoms with E-state index in [1.165, 1.54) is 0 Å². The van der Waals surface area contributed by atoms with Gasteiger partial charge in [0.15, 0.2) is 0 Å². The molecule has 1 amide bonds. The molecule has 0 spiro atoms. The number of amides is 1. The molecule has 0 aromatic heterocycles. The third kappa shape index (κ3) is 4.50. The van der Waals surface area contributed by atoms with E-state index in [1.807, 2.05) is 78.9 Å². The molecule has 4 aromatic carbocycles. The Balaban J connectivity index is 1.40. The molecule has 0 aliphatic carbocycles. The van der Waals surface area contributed by atoms with Crippen molar-refractivity contribution in [3.05, 3.63) is 108 Å². The standard InChI is InChI=1S/C26H23NO3/c28-24(22-15-8-10-19-9-4-5-13-21(19)22)17-18-27-26(29)23-14-6-7-16-25(23)30-20-11-2-1-3-12-20/h1-16,24,28H,17-18H2,(H,27,29). The molecule has 1 atom stereocenters. The number of para-hydroxylation sites is 2. The van der Waals surface area contributed by atoms with Crippen LogP contribution in [0, 0.1) is 0 Å². The Morgan fingerprint density at radius 2 is 1.53 bits per heavy atom. The van der Waals surface area contributed by atoms with Gasteiger partial charge in [0.05, 0.1) is 11.7 Å². The number of benzene rings is 4. The maximum absolute atomic E-state index is 12.7. The highest BCUT2D eigenvalue weighted by Gasteiger charge is 2.15. The highest BCUT2D eigenvalue weighted by atomic mass is 16.5. The van der Waals surface area contributed by atoms with Crippen LogP contribution in [0.1, 0.15) is 28.4 Å². The van der Waals surface area contributed by atoms with Crippen LogP contribution in [0.5, 0.6) is 11.5 Å². The highest BCUT2D eigenvalue weighted by molar-refractivity contribution is 5.97. The van der Waals surface area contributed by atoms with E-state index in [2.05, 4.69) is 5.32 Å². The fourth-order valence-electron chi connectivity index (χ4n) is 3.47. The molecule has 0 fully saturated rings. The minimum absolute atomic E-state index is 0.230. The number of hydrogen-bond donors (Lipinski definition) is 2. The van der Waals surface area contributed by atoms with Crippen molar-refractivity contribution in [3.8, 4) is 11.5 Å². The second kappa shape index (κ2) is 9.25. The van der Waals surface area contributed by atoms with Crippen molar-refractivity contribution in [1.29, 1.82) is 0 Å². The van der Waals surface area contributed by atoms with Gasteiger partial charge in [0.2, 0.25) is 0 Å². The summed E-state index contributed by atoms with van der Waals surface area (Å²) in [6, 6.07) is 30.4. The van der Waals surface area contributed by atoms with E-state index in [0.717, 1.165) is 16.3 Å². The van der Waals surface area contributed by atoms with Gasteiger partial charge in [0.25, 0.3) is 5.91 Å². The lowest BCUT2D eigenvalue weighted by molar-refractivity contribution is 0.0940. The smallest absolute Gasteiger partial charge is 0.255 e. The fourth-order valence-corrected chi connectivity index (χ4v) is 3.47. The first-order valence-corrected chi connectivity index (χ1v) is 9.98. The number of rotatable bonds is 7. The minimum Gasteiger partial charge on any atom is -0.457 e. The van der Waals surface area contributed by atoms with E-state index in [9.17, 15) is 9.90 Å². The summed E-state index contributed by atoms with van der Waals surface area (Å²) in [6.45, 7) is 0.350. The Bertz CT molecular complexity index is 1140. The van der Waals surface area contributed by atoms with Crippen LogP contribution in [0.3, 0.4) is 0 Å². The highest BCUT2D eigenvalue weighted by Crippen LogP contribution is 2.27. The number of hydrogen-bond acceptors (Lipinski definition) is 3. The van der Waals surface area contributed by atoms with Crippen molar-refractivity contribution in [1.82, 2.24) is 5.32 Å². The number of aliphatic hydroxyl groups excluding tert-OH is 1. The van der Waals surface area contributed by atoms with E-state index in [-0.39, 0.29) is 5.91 Å². The van der Waals surface area contributed by atoms with Gasteiger partial charge < -0.3 is 15.2 Å². The molecule has 30 heavy (non-hydrogen) atoms. The van der Waals surface area contributed by atoms with Crippen molar-refractivity contribution in [2.45, 2.75) is 12.5 Å². The average Bonchev–Trinajstić information content (AvgIpc) is 2.79. The van der Waals surface area contributed by atoms with Crippen LogP contribution in [0.4, 0.5) is 0 Å². The first-order chi connectivity index (χ1) is 14.7. The molecule has 150 valence electrons. The monoisotopic (exact) mass is 397 g/mol. The molecule has 0 aliphatic rings. The number of fused-ring (bicyclic) bond motifs is 1. The van der Waals surface area contributed by atoms with Crippen LogP contribution >= 0.6 is 0 Å². The predicted octanol–water partition coefficient (Wildman–Crippen LogP) is 5.49. The number of ether oxygens (including phenoxy) is 1. The van der Waals surface area contributed by atoms with Gasteiger partial charge in [-0.15, -0.1) is 0 Å². The summed E-state index contributed by atoms with van der Waals surface area (Å²) in [5, 5.41) is 15.7. The Kier molecular flexibility index (Phi) is 6.06. The van der Waals surface area contributed by atoms with E-state index >= 15 is 0 Å². The van der Waals surface area contributed by atoms with Gasteiger partial charge in [-0.25, -0.2) is 0 Å². The third-order valence-electron chi connectivity index (χ3n) is 4.99. The minimum atomic E-state index is -0.660. The third-order valence-corrected chi connectivity index (χ3v) is 4.99. The summed E-state index contributed by atoms with van der Waals surface area (Å²) in [6.07, 6.45) is -0.242. The molecule has 4 nitrogen and oxygen atoms in total. The summed E-state index contributed by atoms with van der Waals surface area (Å²) in [7, 11) is 0. The van der Waals surface area contributed by atoms with Crippen molar-refractivity contribution < 1.29 is 14.6 Å². The Morgan fingerprint density at radius 1 is 0.833 bits per heavy atom. The van der Waals surface area contributed by atoms with E-state index in [0.29, 0.717) is 30.0 Å². The van der Waals surface area contributed by atoms with Gasteiger partial charge in [-0.3, -0.25) is 4.79 Å². The number of nitrogens with one attached hydrogen (secondary N) is 1. The summed E-state index contributed by atoms with van der Waals surface area (Å²) in [4.78, 5) is 12.7. The van der Waals surface area contributed by atoms with E-state index in [4.69, 9.17) is 4.74 Å². The maximum Gasteiger partial charge on any atom is 0.255 e. The molecule has 0 aliphatic heterocycles. The second-order valence-corrected chi connectivity index (χ2v) is 7.04. The van der Waals surface area contributed by atoms with E-state index in [1.54, 1.807) is 18.2 Å². The van der Waals surface area contributed by atoms with Crippen LogP contribution in [0.25, 0.3) is 10.8 Å². The Labute approximate surface area is 175 Å². The van der Waals surface area contributed by atoms with Gasteiger partial charge >= 0.3 is 0 Å². The van der Waals surface area contributed by atoms with E-state index < -0.39 is 6.10 Å². The number of carbonyl (C=O) groups is 1. The summed E-state index contributed by atoms with van der Waals surface area (Å²) >= 11 is 0. The van der Waals surface area contributed by atoms with Gasteiger partial charge in [-0.1, -0.05) is 72.8 Å². The molecule has 0 radical (unpaired) electrons. The predicted molar refractivity (Wildman–Crippen MR) is 119 cm³/mol. The molecule has 1 unspecified atom stereocenters. The molecule has 0 saturated carbocycles. The fraction of sp³-hybridized carbons (Fsp3) is 0.115. The summed E-state index contributed by atoms with van der Waals surface area (Å²) in [5.74, 6) is 0.937. The molecule has 4 rings (SSSR count). The van der Waals surface area contributed by atoms with Gasteiger partial charge in [0.1, 0.15) is 11.5 Å². The van der Waals surface area contributed by atoms with Gasteiger partial charge in [0, 0.05) is 6.54 Å². The average molecular weight is 397 g/mol. The molecular formula is C26H23NO3. The summed E-state index contributed by atoms with van der Waals surface area (Å²) < 4.78 is 5.87. The molecule has 2 N–H and O–H groups in total. The van der Waals surface area contributed by atoms with Crippen LogP contribution in [-0.2, 0) is 0 Å². The lowest BCUT2D eigenvalue weighted by Crippen LogP contribution is -2.26. The topological polar surface area (TPSA) is 58.6 Å². The van der Waals surface area contributed by atoms with Gasteiger partial charge in [-0.05, 0) is 47.0 Å². The SMILES string of the molecule is O=C(NCCC(O)c1cccc2ccccc12)c1ccccc1Oc1ccccc1. The second-order valence-electron chi connectivity index (χ2n) is 7.04. The molecule has 4 heteroatoms.